The van der Waals surface area contributed by atoms with Crippen molar-refractivity contribution >= 4 is 41.5 Å². The van der Waals surface area contributed by atoms with Crippen LogP contribution >= 0.6 is 11.6 Å². The first-order valence-corrected chi connectivity index (χ1v) is 7.01. The molecule has 17 heavy (non-hydrogen) atoms. The third-order valence-corrected chi connectivity index (χ3v) is 4.68. The molecule has 0 bridgehead atoms. The van der Waals surface area contributed by atoms with Crippen molar-refractivity contribution in [1.82, 2.24) is 0 Å². The number of benzene rings is 2. The van der Waals surface area contributed by atoms with Crippen molar-refractivity contribution in [3.8, 4) is 0 Å². The molecule has 2 aromatic rings. The predicted molar refractivity (Wildman–Crippen MR) is 69.9 cm³/mol. The van der Waals surface area contributed by atoms with Gasteiger partial charge in [0.15, 0.2) is 0 Å². The van der Waals surface area contributed by atoms with Gasteiger partial charge in [-0.1, -0.05) is 0 Å². The van der Waals surface area contributed by atoms with Crippen LogP contribution in [-0.2, 0) is 0 Å². The second-order valence-electron chi connectivity index (χ2n) is 3.36. The van der Waals surface area contributed by atoms with Gasteiger partial charge in [-0.2, -0.15) is 0 Å². The van der Waals surface area contributed by atoms with Crippen LogP contribution in [0, 0.1) is 0 Å². The molecule has 0 spiro atoms. The van der Waals surface area contributed by atoms with Gasteiger partial charge >= 0.3 is 110 Å². The average Bonchev–Trinajstić information content (AvgIpc) is 2.32. The second-order valence-corrected chi connectivity index (χ2v) is 6.13. The summed E-state index contributed by atoms with van der Waals surface area (Å²) < 4.78 is 1.98. The first-order chi connectivity index (χ1) is 8.16. The zero-order valence-electron chi connectivity index (χ0n) is 8.76. The van der Waals surface area contributed by atoms with Crippen molar-refractivity contribution in [3.05, 3.63) is 59.1 Å². The zero-order chi connectivity index (χ0) is 12.3. The quantitative estimate of drug-likeness (QED) is 0.876. The van der Waals surface area contributed by atoms with Gasteiger partial charge < -0.3 is 0 Å². The van der Waals surface area contributed by atoms with E-state index < -0.39 is 5.97 Å². The van der Waals surface area contributed by atoms with Crippen LogP contribution in [0.25, 0.3) is 0 Å². The van der Waals surface area contributed by atoms with Crippen molar-refractivity contribution in [3.63, 3.8) is 0 Å². The molecule has 0 aliphatic rings. The van der Waals surface area contributed by atoms with E-state index in [-0.39, 0.29) is 15.0 Å². The van der Waals surface area contributed by atoms with Crippen LogP contribution in [0.4, 0.5) is 0 Å². The fourth-order valence-corrected chi connectivity index (χ4v) is 3.46. The van der Waals surface area contributed by atoms with E-state index in [1.54, 1.807) is 12.1 Å². The van der Waals surface area contributed by atoms with Gasteiger partial charge in [0.25, 0.3) is 0 Å². The standard InChI is InChI=1S/C13H9ClO2Se/c14-9-5-7-10(8-6-9)17-12-4-2-1-3-11(12)13(15)16/h1-8H,(H,15,16). The molecule has 0 saturated carbocycles. The van der Waals surface area contributed by atoms with E-state index in [0.29, 0.717) is 10.6 Å². The first kappa shape index (κ1) is 12.2. The maximum atomic E-state index is 11.1. The molecule has 0 heterocycles. The van der Waals surface area contributed by atoms with E-state index in [1.165, 1.54) is 0 Å². The van der Waals surface area contributed by atoms with E-state index in [9.17, 15) is 4.79 Å². The van der Waals surface area contributed by atoms with Crippen LogP contribution in [0.2, 0.25) is 5.02 Å². The van der Waals surface area contributed by atoms with Crippen molar-refractivity contribution in [2.75, 3.05) is 0 Å². The summed E-state index contributed by atoms with van der Waals surface area (Å²) in [6.07, 6.45) is 0. The van der Waals surface area contributed by atoms with Gasteiger partial charge in [-0.15, -0.1) is 0 Å². The van der Waals surface area contributed by atoms with Gasteiger partial charge in [-0.05, 0) is 0 Å². The van der Waals surface area contributed by atoms with Gasteiger partial charge in [-0.3, -0.25) is 0 Å². The summed E-state index contributed by atoms with van der Waals surface area (Å²) in [4.78, 5) is 11.1. The Hall–Kier alpha value is -1.28. The van der Waals surface area contributed by atoms with E-state index in [1.807, 2.05) is 36.4 Å². The summed E-state index contributed by atoms with van der Waals surface area (Å²) in [7, 11) is 0. The van der Waals surface area contributed by atoms with Crippen LogP contribution in [0.5, 0.6) is 0 Å². The number of aromatic carboxylic acids is 1. The minimum atomic E-state index is -0.878. The third kappa shape index (κ3) is 3.10. The van der Waals surface area contributed by atoms with Crippen LogP contribution in [0.3, 0.4) is 0 Å². The third-order valence-electron chi connectivity index (χ3n) is 2.16. The normalized spacial score (nSPS) is 10.2. The molecule has 2 nitrogen and oxygen atoms in total. The summed E-state index contributed by atoms with van der Waals surface area (Å²) in [5.74, 6) is -0.878. The molecule has 0 radical (unpaired) electrons. The van der Waals surface area contributed by atoms with Crippen molar-refractivity contribution in [2.24, 2.45) is 0 Å². The molecule has 86 valence electrons. The van der Waals surface area contributed by atoms with E-state index in [2.05, 4.69) is 0 Å². The molecule has 0 amide bonds. The maximum absolute atomic E-state index is 11.1. The molecule has 0 atom stereocenters. The Morgan fingerprint density at radius 3 is 2.35 bits per heavy atom. The first-order valence-electron chi connectivity index (χ1n) is 4.92. The number of carboxylic acid groups (broad SMARTS) is 1. The number of hydrogen-bond donors (Lipinski definition) is 1. The van der Waals surface area contributed by atoms with Crippen molar-refractivity contribution in [1.29, 1.82) is 0 Å². The Morgan fingerprint density at radius 1 is 1.06 bits per heavy atom. The molecule has 0 aliphatic carbocycles. The van der Waals surface area contributed by atoms with E-state index in [4.69, 9.17) is 16.7 Å². The van der Waals surface area contributed by atoms with Crippen LogP contribution < -0.4 is 8.92 Å². The monoisotopic (exact) mass is 312 g/mol. The molecule has 4 heteroatoms. The summed E-state index contributed by atoms with van der Waals surface area (Å²) >= 11 is 5.79. The molecule has 0 fully saturated rings. The van der Waals surface area contributed by atoms with Gasteiger partial charge in [0.1, 0.15) is 0 Å². The Kier molecular flexibility index (Phi) is 3.85. The molecule has 2 rings (SSSR count). The Labute approximate surface area is 110 Å². The number of carboxylic acids is 1. The SMILES string of the molecule is O=C(O)c1ccccc1[Se]c1ccc(Cl)cc1. The van der Waals surface area contributed by atoms with E-state index in [0.717, 1.165) is 8.92 Å². The predicted octanol–water partition coefficient (Wildman–Crippen LogP) is 1.69. The topological polar surface area (TPSA) is 37.3 Å². The van der Waals surface area contributed by atoms with Gasteiger partial charge in [0.2, 0.25) is 0 Å². The fourth-order valence-electron chi connectivity index (χ4n) is 1.36. The number of rotatable bonds is 3. The summed E-state index contributed by atoms with van der Waals surface area (Å²) in [6.45, 7) is 0. The molecule has 2 aromatic carbocycles. The Bertz CT molecular complexity index is 537. The molecule has 1 N–H and O–H groups in total. The van der Waals surface area contributed by atoms with Crippen LogP contribution in [0.1, 0.15) is 10.4 Å². The van der Waals surface area contributed by atoms with Gasteiger partial charge in [0, 0.05) is 0 Å². The Morgan fingerprint density at radius 2 is 1.71 bits per heavy atom. The fraction of sp³-hybridized carbons (Fsp3) is 0. The molecule has 0 saturated heterocycles. The summed E-state index contributed by atoms with van der Waals surface area (Å²) in [6, 6.07) is 14.6. The second kappa shape index (κ2) is 5.37. The minimum absolute atomic E-state index is 0.0143. The number of halogens is 1. The molecular weight excluding hydrogens is 303 g/mol. The van der Waals surface area contributed by atoms with Gasteiger partial charge in [-0.25, -0.2) is 0 Å². The molecule has 0 aliphatic heterocycles. The Balaban J connectivity index is 2.30. The average molecular weight is 312 g/mol. The van der Waals surface area contributed by atoms with Gasteiger partial charge in [0.05, 0.1) is 0 Å². The molecule has 0 unspecified atom stereocenters. The molecular formula is C13H9ClO2Se. The number of hydrogen-bond acceptors (Lipinski definition) is 1. The van der Waals surface area contributed by atoms with E-state index >= 15 is 0 Å². The van der Waals surface area contributed by atoms with Crippen molar-refractivity contribution < 1.29 is 9.90 Å². The zero-order valence-corrected chi connectivity index (χ0v) is 11.2. The van der Waals surface area contributed by atoms with Crippen LogP contribution in [0.15, 0.2) is 48.5 Å². The van der Waals surface area contributed by atoms with Crippen molar-refractivity contribution in [2.45, 2.75) is 0 Å². The summed E-state index contributed by atoms with van der Waals surface area (Å²) in [5.41, 5.74) is 0.377. The number of carbonyl (C=O) groups is 1. The van der Waals surface area contributed by atoms with Crippen LogP contribution in [-0.4, -0.2) is 26.0 Å². The summed E-state index contributed by atoms with van der Waals surface area (Å²) in [5, 5.41) is 9.77. The molecule has 0 aromatic heterocycles.